The number of carboxylic acid groups (broad SMARTS) is 1. The monoisotopic (exact) mass is 319 g/mol. The summed E-state index contributed by atoms with van der Waals surface area (Å²) >= 11 is 5.84. The van der Waals surface area contributed by atoms with Gasteiger partial charge in [-0.15, -0.1) is 0 Å². The summed E-state index contributed by atoms with van der Waals surface area (Å²) < 4.78 is 31.7. The van der Waals surface area contributed by atoms with Crippen molar-refractivity contribution in [1.29, 1.82) is 0 Å². The Bertz CT molecular complexity index is 604. The summed E-state index contributed by atoms with van der Waals surface area (Å²) in [7, 11) is -3.73. The van der Waals surface area contributed by atoms with Crippen LogP contribution in [0.4, 0.5) is 0 Å². The summed E-state index contributed by atoms with van der Waals surface area (Å²) in [4.78, 5) is 10.7. The molecule has 0 aromatic heterocycles. The van der Waals surface area contributed by atoms with Crippen LogP contribution in [-0.4, -0.2) is 38.2 Å². The maximum absolute atomic E-state index is 12.1. The van der Waals surface area contributed by atoms with Crippen LogP contribution in [0, 0.1) is 0 Å². The summed E-state index contributed by atoms with van der Waals surface area (Å²) in [6.07, 6.45) is -0.409. The second-order valence-corrected chi connectivity index (χ2v) is 6.59. The van der Waals surface area contributed by atoms with Crippen LogP contribution in [0.3, 0.4) is 0 Å². The number of hydrogen-bond donors (Lipinski definition) is 2. The smallest absolute Gasteiger partial charge is 0.332 e. The SMILES string of the molecule is O=C(O)C1CCC(CNS(=O)(=O)c2ccccc2Cl)O1. The highest BCUT2D eigenvalue weighted by molar-refractivity contribution is 7.89. The van der Waals surface area contributed by atoms with Gasteiger partial charge in [0.05, 0.1) is 11.1 Å². The van der Waals surface area contributed by atoms with Gasteiger partial charge < -0.3 is 9.84 Å². The second-order valence-electron chi connectivity index (χ2n) is 4.44. The van der Waals surface area contributed by atoms with E-state index >= 15 is 0 Å². The van der Waals surface area contributed by atoms with Gasteiger partial charge in [0.2, 0.25) is 10.0 Å². The molecule has 20 heavy (non-hydrogen) atoms. The van der Waals surface area contributed by atoms with Crippen molar-refractivity contribution >= 4 is 27.6 Å². The first kappa shape index (κ1) is 15.2. The first-order valence-electron chi connectivity index (χ1n) is 6.02. The molecule has 6 nitrogen and oxygen atoms in total. The molecule has 2 atom stereocenters. The number of aliphatic carboxylic acids is 1. The Morgan fingerprint density at radius 1 is 1.40 bits per heavy atom. The van der Waals surface area contributed by atoms with E-state index in [4.69, 9.17) is 21.4 Å². The molecule has 1 heterocycles. The van der Waals surface area contributed by atoms with Gasteiger partial charge in [-0.05, 0) is 25.0 Å². The third-order valence-electron chi connectivity index (χ3n) is 3.01. The Morgan fingerprint density at radius 2 is 2.10 bits per heavy atom. The van der Waals surface area contributed by atoms with Crippen molar-refractivity contribution in [2.45, 2.75) is 29.9 Å². The number of carboxylic acids is 1. The van der Waals surface area contributed by atoms with E-state index < -0.39 is 28.2 Å². The van der Waals surface area contributed by atoms with Gasteiger partial charge in [-0.25, -0.2) is 17.9 Å². The molecule has 1 aliphatic heterocycles. The van der Waals surface area contributed by atoms with E-state index in [0.717, 1.165) is 0 Å². The van der Waals surface area contributed by atoms with Gasteiger partial charge in [0, 0.05) is 6.54 Å². The fraction of sp³-hybridized carbons (Fsp3) is 0.417. The fourth-order valence-electron chi connectivity index (χ4n) is 1.98. The van der Waals surface area contributed by atoms with E-state index in [1.807, 2.05) is 0 Å². The Hall–Kier alpha value is -1.15. The number of hydrogen-bond acceptors (Lipinski definition) is 4. The average molecular weight is 320 g/mol. The highest BCUT2D eigenvalue weighted by atomic mass is 35.5. The lowest BCUT2D eigenvalue weighted by molar-refractivity contribution is -0.149. The van der Waals surface area contributed by atoms with Gasteiger partial charge in [0.25, 0.3) is 0 Å². The number of ether oxygens (including phenoxy) is 1. The number of halogens is 1. The largest absolute Gasteiger partial charge is 0.479 e. The molecule has 0 aliphatic carbocycles. The van der Waals surface area contributed by atoms with E-state index in [-0.39, 0.29) is 16.5 Å². The molecule has 8 heteroatoms. The Balaban J connectivity index is 1.98. The molecule has 110 valence electrons. The number of nitrogens with one attached hydrogen (secondary N) is 1. The Morgan fingerprint density at radius 3 is 2.70 bits per heavy atom. The normalized spacial score (nSPS) is 22.9. The minimum atomic E-state index is -3.73. The zero-order valence-corrected chi connectivity index (χ0v) is 12.0. The summed E-state index contributed by atoms with van der Waals surface area (Å²) in [6.45, 7) is 0.0251. The van der Waals surface area contributed by atoms with Crippen molar-refractivity contribution < 1.29 is 23.1 Å². The zero-order valence-electron chi connectivity index (χ0n) is 10.5. The lowest BCUT2D eigenvalue weighted by Crippen LogP contribution is -2.33. The number of sulfonamides is 1. The van der Waals surface area contributed by atoms with E-state index in [1.165, 1.54) is 12.1 Å². The fourth-order valence-corrected chi connectivity index (χ4v) is 3.56. The van der Waals surface area contributed by atoms with Crippen molar-refractivity contribution in [2.75, 3.05) is 6.54 Å². The number of carbonyl (C=O) groups is 1. The van der Waals surface area contributed by atoms with Gasteiger partial charge in [-0.2, -0.15) is 0 Å². The molecule has 0 radical (unpaired) electrons. The molecule has 0 spiro atoms. The van der Waals surface area contributed by atoms with E-state index in [1.54, 1.807) is 12.1 Å². The lowest BCUT2D eigenvalue weighted by Gasteiger charge is -2.13. The Kier molecular flexibility index (Phi) is 4.64. The van der Waals surface area contributed by atoms with Crippen LogP contribution in [0.15, 0.2) is 29.2 Å². The molecule has 0 saturated carbocycles. The number of rotatable bonds is 5. The molecular weight excluding hydrogens is 306 g/mol. The van der Waals surface area contributed by atoms with Gasteiger partial charge in [-0.1, -0.05) is 23.7 Å². The molecule has 1 saturated heterocycles. The van der Waals surface area contributed by atoms with Crippen LogP contribution >= 0.6 is 11.6 Å². The van der Waals surface area contributed by atoms with Crippen LogP contribution in [-0.2, 0) is 19.6 Å². The first-order valence-corrected chi connectivity index (χ1v) is 7.89. The van der Waals surface area contributed by atoms with Crippen molar-refractivity contribution in [3.05, 3.63) is 29.3 Å². The lowest BCUT2D eigenvalue weighted by atomic mass is 10.2. The van der Waals surface area contributed by atoms with Crippen LogP contribution in [0.2, 0.25) is 5.02 Å². The first-order chi connectivity index (χ1) is 9.40. The highest BCUT2D eigenvalue weighted by Crippen LogP contribution is 2.22. The summed E-state index contributed by atoms with van der Waals surface area (Å²) in [5.41, 5.74) is 0. The van der Waals surface area contributed by atoms with E-state index in [0.29, 0.717) is 12.8 Å². The van der Waals surface area contributed by atoms with E-state index in [9.17, 15) is 13.2 Å². The molecule has 1 aromatic rings. The average Bonchev–Trinajstić information content (AvgIpc) is 2.86. The third-order valence-corrected chi connectivity index (χ3v) is 4.93. The molecule has 0 bridgehead atoms. The number of benzene rings is 1. The predicted molar refractivity (Wildman–Crippen MR) is 72.2 cm³/mol. The van der Waals surface area contributed by atoms with Gasteiger partial charge in [0.1, 0.15) is 4.90 Å². The van der Waals surface area contributed by atoms with Crippen molar-refractivity contribution in [1.82, 2.24) is 4.72 Å². The second kappa shape index (κ2) is 6.09. The highest BCUT2D eigenvalue weighted by Gasteiger charge is 2.31. The van der Waals surface area contributed by atoms with Gasteiger partial charge >= 0.3 is 5.97 Å². The quantitative estimate of drug-likeness (QED) is 0.852. The van der Waals surface area contributed by atoms with Gasteiger partial charge in [-0.3, -0.25) is 0 Å². The molecule has 1 aromatic carbocycles. The predicted octanol–water partition coefficient (Wildman–Crippen LogP) is 1.25. The van der Waals surface area contributed by atoms with Crippen molar-refractivity contribution in [3.8, 4) is 0 Å². The molecule has 1 fully saturated rings. The molecule has 0 amide bonds. The summed E-state index contributed by atoms with van der Waals surface area (Å²) in [5, 5.41) is 8.93. The minimum absolute atomic E-state index is 0.00514. The topological polar surface area (TPSA) is 92.7 Å². The minimum Gasteiger partial charge on any atom is -0.479 e. The van der Waals surface area contributed by atoms with E-state index in [2.05, 4.69) is 4.72 Å². The Labute approximate surface area is 121 Å². The summed E-state index contributed by atoms with van der Waals surface area (Å²) in [6, 6.07) is 6.11. The van der Waals surface area contributed by atoms with Crippen LogP contribution in [0.1, 0.15) is 12.8 Å². The molecule has 1 aliphatic rings. The van der Waals surface area contributed by atoms with Crippen LogP contribution in [0.5, 0.6) is 0 Å². The summed E-state index contributed by atoms with van der Waals surface area (Å²) in [5.74, 6) is -1.03. The molecular formula is C12H14ClNO5S. The molecule has 2 unspecified atom stereocenters. The van der Waals surface area contributed by atoms with Gasteiger partial charge in [0.15, 0.2) is 6.10 Å². The molecule has 2 rings (SSSR count). The standard InChI is InChI=1S/C12H14ClNO5S/c13-9-3-1-2-4-11(9)20(17,18)14-7-8-5-6-10(19-8)12(15)16/h1-4,8,10,14H,5-7H2,(H,15,16). The van der Waals surface area contributed by atoms with Crippen molar-refractivity contribution in [3.63, 3.8) is 0 Å². The van der Waals surface area contributed by atoms with Crippen LogP contribution < -0.4 is 4.72 Å². The van der Waals surface area contributed by atoms with Crippen molar-refractivity contribution in [2.24, 2.45) is 0 Å². The third kappa shape index (κ3) is 3.49. The zero-order chi connectivity index (χ0) is 14.8. The molecule has 2 N–H and O–H groups in total. The van der Waals surface area contributed by atoms with Crippen LogP contribution in [0.25, 0.3) is 0 Å². The maximum atomic E-state index is 12.1. The maximum Gasteiger partial charge on any atom is 0.332 e.